The predicted octanol–water partition coefficient (Wildman–Crippen LogP) is 0.901. The van der Waals surface area contributed by atoms with Gasteiger partial charge in [-0.25, -0.2) is 22.4 Å². The lowest BCUT2D eigenvalue weighted by atomic mass is 10.1. The van der Waals surface area contributed by atoms with Gasteiger partial charge in [0.1, 0.15) is 6.04 Å². The Bertz CT molecular complexity index is 619. The second-order valence-electron chi connectivity index (χ2n) is 3.81. The highest BCUT2D eigenvalue weighted by Crippen LogP contribution is 2.18. The van der Waals surface area contributed by atoms with Crippen LogP contribution in [0.5, 0.6) is 0 Å². The Morgan fingerprint density at radius 3 is 2.10 bits per heavy atom. The average Bonchev–Trinajstić information content (AvgIpc) is 2.38. The first-order valence-electron chi connectivity index (χ1n) is 5.23. The fraction of sp³-hybridized carbons (Fsp3) is 0.182. The van der Waals surface area contributed by atoms with E-state index in [0.717, 1.165) is 0 Å². The number of amides is 1. The number of hydrogen-bond acceptors (Lipinski definition) is 3. The summed E-state index contributed by atoms with van der Waals surface area (Å²) in [6.45, 7) is 0. The van der Waals surface area contributed by atoms with E-state index in [9.17, 15) is 31.9 Å². The number of aliphatic carboxylic acids is 2. The first kappa shape index (κ1) is 16.4. The van der Waals surface area contributed by atoms with Crippen LogP contribution in [-0.2, 0) is 9.59 Å². The van der Waals surface area contributed by atoms with Gasteiger partial charge in [-0.1, -0.05) is 0 Å². The molecule has 1 aromatic carbocycles. The molecule has 21 heavy (non-hydrogen) atoms. The van der Waals surface area contributed by atoms with Crippen LogP contribution in [0.15, 0.2) is 6.07 Å². The summed E-state index contributed by atoms with van der Waals surface area (Å²) in [7, 11) is 0. The molecule has 0 aliphatic carbocycles. The van der Waals surface area contributed by atoms with E-state index in [4.69, 9.17) is 10.2 Å². The molecule has 1 rings (SSSR count). The summed E-state index contributed by atoms with van der Waals surface area (Å²) < 4.78 is 51.9. The minimum Gasteiger partial charge on any atom is -0.481 e. The number of benzene rings is 1. The van der Waals surface area contributed by atoms with E-state index in [-0.39, 0.29) is 6.07 Å². The predicted molar refractivity (Wildman–Crippen MR) is 57.4 cm³/mol. The zero-order chi connectivity index (χ0) is 16.3. The van der Waals surface area contributed by atoms with Crippen molar-refractivity contribution in [2.45, 2.75) is 12.5 Å². The molecule has 0 radical (unpaired) electrons. The number of carbonyl (C=O) groups excluding carboxylic acids is 1. The Labute approximate surface area is 114 Å². The van der Waals surface area contributed by atoms with Gasteiger partial charge in [-0.2, -0.15) is 0 Å². The topological polar surface area (TPSA) is 104 Å². The van der Waals surface area contributed by atoms with E-state index in [1.807, 2.05) is 0 Å². The highest BCUT2D eigenvalue weighted by molar-refractivity contribution is 5.97. The van der Waals surface area contributed by atoms with Gasteiger partial charge in [0.2, 0.25) is 0 Å². The maximum Gasteiger partial charge on any atom is 0.326 e. The number of rotatable bonds is 5. The third kappa shape index (κ3) is 3.68. The van der Waals surface area contributed by atoms with Crippen LogP contribution in [0.1, 0.15) is 16.8 Å². The molecule has 0 fully saturated rings. The molecular weight excluding hydrogens is 302 g/mol. The van der Waals surface area contributed by atoms with Crippen LogP contribution in [0.2, 0.25) is 0 Å². The summed E-state index contributed by atoms with van der Waals surface area (Å²) in [6, 6.07) is -1.92. The number of carboxylic acids is 2. The van der Waals surface area contributed by atoms with Gasteiger partial charge in [-0.15, -0.1) is 0 Å². The standard InChI is InChI=1S/C11H7F4NO5/c12-4-1-3(7(13)9(15)8(4)14)10(19)16-5(11(20)21)2-6(17)18/h1,5H,2H2,(H,16,19)(H,17,18)(H,20,21)/t5-/m0/s1. The zero-order valence-corrected chi connectivity index (χ0v) is 9.99. The highest BCUT2D eigenvalue weighted by atomic mass is 19.2. The number of hydrogen-bond donors (Lipinski definition) is 3. The molecule has 0 spiro atoms. The highest BCUT2D eigenvalue weighted by Gasteiger charge is 2.27. The van der Waals surface area contributed by atoms with Gasteiger partial charge < -0.3 is 15.5 Å². The van der Waals surface area contributed by atoms with Gasteiger partial charge in [0, 0.05) is 0 Å². The van der Waals surface area contributed by atoms with Crippen molar-refractivity contribution in [2.75, 3.05) is 0 Å². The van der Waals surface area contributed by atoms with Crippen molar-refractivity contribution < 1.29 is 42.2 Å². The van der Waals surface area contributed by atoms with Crippen LogP contribution in [0.3, 0.4) is 0 Å². The number of carbonyl (C=O) groups is 3. The second kappa shape index (κ2) is 6.20. The lowest BCUT2D eigenvalue weighted by Gasteiger charge is -2.13. The molecule has 10 heteroatoms. The molecule has 1 aromatic rings. The molecule has 0 aliphatic rings. The van der Waals surface area contributed by atoms with Crippen LogP contribution in [0.4, 0.5) is 17.6 Å². The smallest absolute Gasteiger partial charge is 0.326 e. The fourth-order valence-corrected chi connectivity index (χ4v) is 1.35. The molecule has 0 saturated heterocycles. The van der Waals surface area contributed by atoms with Gasteiger partial charge >= 0.3 is 11.9 Å². The van der Waals surface area contributed by atoms with Gasteiger partial charge in [0.05, 0.1) is 12.0 Å². The summed E-state index contributed by atoms with van der Waals surface area (Å²) in [5, 5.41) is 18.7. The first-order valence-corrected chi connectivity index (χ1v) is 5.23. The van der Waals surface area contributed by atoms with Crippen molar-refractivity contribution in [2.24, 2.45) is 0 Å². The maximum absolute atomic E-state index is 13.3. The van der Waals surface area contributed by atoms with E-state index in [2.05, 4.69) is 0 Å². The Balaban J connectivity index is 3.09. The summed E-state index contributed by atoms with van der Waals surface area (Å²) in [5.74, 6) is -13.2. The molecule has 0 aliphatic heterocycles. The summed E-state index contributed by atoms with van der Waals surface area (Å²) in [4.78, 5) is 32.6. The summed E-state index contributed by atoms with van der Waals surface area (Å²) >= 11 is 0. The maximum atomic E-state index is 13.3. The van der Waals surface area contributed by atoms with Crippen molar-refractivity contribution in [1.82, 2.24) is 5.32 Å². The van der Waals surface area contributed by atoms with Crippen molar-refractivity contribution >= 4 is 17.8 Å². The van der Waals surface area contributed by atoms with E-state index in [0.29, 0.717) is 0 Å². The van der Waals surface area contributed by atoms with Crippen molar-refractivity contribution in [3.63, 3.8) is 0 Å². The molecule has 0 saturated carbocycles. The van der Waals surface area contributed by atoms with Crippen molar-refractivity contribution in [3.8, 4) is 0 Å². The fourth-order valence-electron chi connectivity index (χ4n) is 1.35. The molecule has 3 N–H and O–H groups in total. The third-order valence-corrected chi connectivity index (χ3v) is 2.33. The van der Waals surface area contributed by atoms with Gasteiger partial charge in [0.25, 0.3) is 5.91 Å². The molecule has 0 heterocycles. The van der Waals surface area contributed by atoms with Crippen LogP contribution in [-0.4, -0.2) is 34.1 Å². The van der Waals surface area contributed by atoms with Gasteiger partial charge in [0.15, 0.2) is 23.3 Å². The lowest BCUT2D eigenvalue weighted by Crippen LogP contribution is -2.42. The monoisotopic (exact) mass is 309 g/mol. The van der Waals surface area contributed by atoms with E-state index >= 15 is 0 Å². The molecule has 6 nitrogen and oxygen atoms in total. The van der Waals surface area contributed by atoms with Crippen molar-refractivity contribution in [3.05, 3.63) is 34.9 Å². The Morgan fingerprint density at radius 1 is 1.05 bits per heavy atom. The van der Waals surface area contributed by atoms with Crippen LogP contribution >= 0.6 is 0 Å². The zero-order valence-electron chi connectivity index (χ0n) is 9.99. The Hall–Kier alpha value is -2.65. The van der Waals surface area contributed by atoms with Crippen LogP contribution in [0.25, 0.3) is 0 Å². The average molecular weight is 309 g/mol. The normalized spacial score (nSPS) is 11.8. The molecule has 0 aromatic heterocycles. The van der Waals surface area contributed by atoms with E-state index in [1.54, 1.807) is 5.32 Å². The van der Waals surface area contributed by atoms with Gasteiger partial charge in [-0.3, -0.25) is 9.59 Å². The molecule has 114 valence electrons. The van der Waals surface area contributed by atoms with Crippen molar-refractivity contribution in [1.29, 1.82) is 0 Å². The summed E-state index contributed by atoms with van der Waals surface area (Å²) in [6.07, 6.45) is -1.05. The third-order valence-electron chi connectivity index (χ3n) is 2.33. The minimum absolute atomic E-state index is 0.0305. The molecule has 1 amide bonds. The second-order valence-corrected chi connectivity index (χ2v) is 3.81. The molecule has 0 bridgehead atoms. The molecule has 0 unspecified atom stereocenters. The minimum atomic E-state index is -2.25. The Morgan fingerprint density at radius 2 is 1.62 bits per heavy atom. The molecule has 1 atom stereocenters. The van der Waals surface area contributed by atoms with Crippen LogP contribution in [0, 0.1) is 23.3 Å². The SMILES string of the molecule is O=C(O)C[C@H](NC(=O)c1cc(F)c(F)c(F)c1F)C(=O)O. The molecular formula is C11H7F4NO5. The summed E-state index contributed by atoms with van der Waals surface area (Å²) in [5.41, 5.74) is -1.29. The largest absolute Gasteiger partial charge is 0.481 e. The lowest BCUT2D eigenvalue weighted by molar-refractivity contribution is -0.145. The quantitative estimate of drug-likeness (QED) is 0.426. The number of carboxylic acid groups (broad SMARTS) is 2. The van der Waals surface area contributed by atoms with Gasteiger partial charge in [-0.05, 0) is 6.07 Å². The van der Waals surface area contributed by atoms with Crippen LogP contribution < -0.4 is 5.32 Å². The van der Waals surface area contributed by atoms with E-state index in [1.165, 1.54) is 0 Å². The number of halogens is 4. The Kier molecular flexibility index (Phi) is 4.84. The number of nitrogens with one attached hydrogen (secondary N) is 1. The van der Waals surface area contributed by atoms with E-state index < -0.39 is 59.1 Å². The first-order chi connectivity index (χ1) is 9.65.